The summed E-state index contributed by atoms with van der Waals surface area (Å²) in [5, 5.41) is 0.691. The van der Waals surface area contributed by atoms with Gasteiger partial charge in [0.05, 0.1) is 11.7 Å². The molecule has 3 atom stereocenters. The van der Waals surface area contributed by atoms with Gasteiger partial charge in [-0.25, -0.2) is 0 Å². The molecule has 0 fully saturated rings. The van der Waals surface area contributed by atoms with Crippen LogP contribution in [-0.2, 0) is 47.7 Å². The number of hydrogen-bond donors (Lipinski definition) is 0. The van der Waals surface area contributed by atoms with Gasteiger partial charge in [0.1, 0.15) is 13.7 Å². The Bertz CT molecular complexity index is 1200. The average molecular weight is 520 g/mol. The number of aromatic nitrogens is 1. The van der Waals surface area contributed by atoms with E-state index < -0.39 is 54.8 Å². The summed E-state index contributed by atoms with van der Waals surface area (Å²) in [6.45, 7) is 4.98. The zero-order chi connectivity index (χ0) is 27.7. The molecule has 12 nitrogen and oxygen atoms in total. The lowest BCUT2D eigenvalue weighted by Crippen LogP contribution is -2.48. The number of carbonyl (C=O) groups is 5. The summed E-state index contributed by atoms with van der Waals surface area (Å²) in [6, 6.07) is 7.17. The molecule has 0 N–H and O–H groups in total. The lowest BCUT2D eigenvalue weighted by Gasteiger charge is -2.32. The third kappa shape index (κ3) is 8.37. The van der Waals surface area contributed by atoms with Gasteiger partial charge in [0.15, 0.2) is 24.1 Å². The van der Waals surface area contributed by atoms with Crippen molar-refractivity contribution in [2.75, 3.05) is 13.7 Å². The van der Waals surface area contributed by atoms with Crippen molar-refractivity contribution in [1.82, 2.24) is 4.73 Å². The van der Waals surface area contributed by atoms with Crippen LogP contribution in [0.25, 0.3) is 17.0 Å². The molecular weight excluding hydrogens is 490 g/mol. The number of carbonyl (C=O) groups excluding carboxylic acids is 5. The van der Waals surface area contributed by atoms with Crippen molar-refractivity contribution in [1.29, 1.82) is 0 Å². The topological polar surface area (TPSA) is 146 Å². The Morgan fingerprint density at radius 2 is 1.46 bits per heavy atom. The molecule has 12 heteroatoms. The minimum Gasteiger partial charge on any atom is -0.462 e. The fourth-order valence-corrected chi connectivity index (χ4v) is 3.53. The molecule has 37 heavy (non-hydrogen) atoms. The predicted molar refractivity (Wildman–Crippen MR) is 127 cm³/mol. The van der Waals surface area contributed by atoms with E-state index in [4.69, 9.17) is 28.5 Å². The molecule has 200 valence electrons. The van der Waals surface area contributed by atoms with Gasteiger partial charge in [-0.1, -0.05) is 18.2 Å². The first kappa shape index (κ1) is 28.9. The highest BCUT2D eigenvalue weighted by atomic mass is 16.6. The molecule has 0 aliphatic heterocycles. The molecule has 2 aromatic rings. The quantitative estimate of drug-likeness (QED) is 0.244. The Morgan fingerprint density at radius 1 is 0.838 bits per heavy atom. The first-order valence-electron chi connectivity index (χ1n) is 11.1. The molecule has 0 spiro atoms. The third-order valence-corrected chi connectivity index (χ3v) is 4.77. The highest BCUT2D eigenvalue weighted by Gasteiger charge is 2.41. The van der Waals surface area contributed by atoms with E-state index in [0.29, 0.717) is 16.5 Å². The van der Waals surface area contributed by atoms with Crippen molar-refractivity contribution in [3.05, 3.63) is 41.8 Å². The van der Waals surface area contributed by atoms with Gasteiger partial charge in [-0.05, 0) is 12.1 Å². The van der Waals surface area contributed by atoms with Crippen molar-refractivity contribution in [2.24, 2.45) is 0 Å². The van der Waals surface area contributed by atoms with E-state index in [1.807, 2.05) is 0 Å². The Balaban J connectivity index is 2.74. The van der Waals surface area contributed by atoms with Gasteiger partial charge in [-0.2, -0.15) is 4.73 Å². The Labute approximate surface area is 212 Å². The van der Waals surface area contributed by atoms with Crippen LogP contribution >= 0.6 is 0 Å². The molecule has 0 saturated heterocycles. The monoisotopic (exact) mass is 519 g/mol. The van der Waals surface area contributed by atoms with Crippen molar-refractivity contribution in [2.45, 2.75) is 52.9 Å². The number of fused-ring (bicyclic) bond motifs is 1. The molecule has 1 aromatic heterocycles. The molecule has 1 aromatic carbocycles. The van der Waals surface area contributed by atoms with Crippen LogP contribution in [0.4, 0.5) is 0 Å². The van der Waals surface area contributed by atoms with Gasteiger partial charge in [0.2, 0.25) is 0 Å². The molecule has 0 unspecified atom stereocenters. The zero-order valence-electron chi connectivity index (χ0n) is 21.3. The molecule has 0 radical (unpaired) electrons. The Hall–Kier alpha value is -4.35. The number of benzene rings is 1. The van der Waals surface area contributed by atoms with Crippen molar-refractivity contribution in [3.63, 3.8) is 0 Å². The average Bonchev–Trinajstić information content (AvgIpc) is 3.15. The minimum atomic E-state index is -1.59. The Kier molecular flexibility index (Phi) is 10.2. The van der Waals surface area contributed by atoms with E-state index in [9.17, 15) is 24.0 Å². The van der Waals surface area contributed by atoms with E-state index in [2.05, 4.69) is 0 Å². The van der Waals surface area contributed by atoms with E-state index in [-0.39, 0.29) is 5.76 Å². The minimum absolute atomic E-state index is 0.243. The van der Waals surface area contributed by atoms with Gasteiger partial charge < -0.3 is 28.5 Å². The van der Waals surface area contributed by atoms with Crippen LogP contribution in [0, 0.1) is 0 Å². The van der Waals surface area contributed by atoms with Crippen LogP contribution in [0.5, 0.6) is 0 Å². The number of para-hydroxylation sites is 1. The second-order valence-electron chi connectivity index (χ2n) is 7.80. The summed E-state index contributed by atoms with van der Waals surface area (Å²) in [4.78, 5) is 64.8. The standard InChI is InChI=1S/C25H29NO11/c1-14(27)33-13-23(35-16(3)29)25(37-18(5)31)24(36-17(4)30)22(34-15(2)28)11-19-12-26(32-6)21-10-8-7-9-20(19)21/h7-12,23-25H,13H2,1-6H3/b22-11+/t23-,24+,25+/m0/s1. The third-order valence-electron chi connectivity index (χ3n) is 4.77. The number of ether oxygens (including phenoxy) is 5. The smallest absolute Gasteiger partial charge is 0.307 e. The number of esters is 5. The van der Waals surface area contributed by atoms with E-state index in [1.165, 1.54) is 17.9 Å². The highest BCUT2D eigenvalue weighted by Crippen LogP contribution is 2.28. The van der Waals surface area contributed by atoms with Crippen LogP contribution in [0.3, 0.4) is 0 Å². The Morgan fingerprint density at radius 3 is 2.00 bits per heavy atom. The largest absolute Gasteiger partial charge is 0.462 e. The van der Waals surface area contributed by atoms with Gasteiger partial charge in [0, 0.05) is 45.6 Å². The summed E-state index contributed by atoms with van der Waals surface area (Å²) in [6.07, 6.45) is -1.57. The SMILES string of the molecule is COn1cc(/C=C(/OC(C)=O)[C@@H](OC(C)=O)[C@H](OC(C)=O)[C@H](COC(C)=O)OC(C)=O)c2ccccc21. The summed E-state index contributed by atoms with van der Waals surface area (Å²) in [7, 11) is 1.46. The van der Waals surface area contributed by atoms with Crippen LogP contribution in [0.15, 0.2) is 36.2 Å². The number of nitrogens with zero attached hydrogens (tertiary/aromatic N) is 1. The lowest BCUT2D eigenvalue weighted by molar-refractivity contribution is -0.189. The van der Waals surface area contributed by atoms with Crippen molar-refractivity contribution < 1.29 is 52.5 Å². The van der Waals surface area contributed by atoms with Crippen LogP contribution in [-0.4, -0.2) is 66.6 Å². The summed E-state index contributed by atoms with van der Waals surface area (Å²) >= 11 is 0. The first-order valence-corrected chi connectivity index (χ1v) is 11.1. The van der Waals surface area contributed by atoms with Gasteiger partial charge in [-0.15, -0.1) is 0 Å². The first-order chi connectivity index (χ1) is 17.4. The van der Waals surface area contributed by atoms with Gasteiger partial charge in [-0.3, -0.25) is 24.0 Å². The maximum absolute atomic E-state index is 12.1. The summed E-state index contributed by atoms with van der Waals surface area (Å²) in [5.74, 6) is -4.17. The molecular formula is C25H29NO11. The maximum Gasteiger partial charge on any atom is 0.307 e. The van der Waals surface area contributed by atoms with E-state index in [0.717, 1.165) is 34.6 Å². The fourth-order valence-electron chi connectivity index (χ4n) is 3.53. The van der Waals surface area contributed by atoms with E-state index >= 15 is 0 Å². The molecule has 2 rings (SSSR count). The molecule has 0 aliphatic rings. The second kappa shape index (κ2) is 13.1. The van der Waals surface area contributed by atoms with Crippen molar-refractivity contribution >= 4 is 46.8 Å². The van der Waals surface area contributed by atoms with Gasteiger partial charge >= 0.3 is 29.8 Å². The highest BCUT2D eigenvalue weighted by molar-refractivity contribution is 5.90. The lowest BCUT2D eigenvalue weighted by atomic mass is 10.0. The predicted octanol–water partition coefficient (Wildman–Crippen LogP) is 1.96. The molecule has 1 heterocycles. The second-order valence-corrected chi connectivity index (χ2v) is 7.80. The van der Waals surface area contributed by atoms with Crippen LogP contribution in [0.1, 0.15) is 40.2 Å². The molecule has 0 bridgehead atoms. The normalized spacial score (nSPS) is 13.6. The van der Waals surface area contributed by atoms with Crippen LogP contribution < -0.4 is 4.84 Å². The fraction of sp³-hybridized carbons (Fsp3) is 0.400. The summed E-state index contributed by atoms with van der Waals surface area (Å²) < 4.78 is 27.9. The number of hydrogen-bond acceptors (Lipinski definition) is 11. The maximum atomic E-state index is 12.1. The van der Waals surface area contributed by atoms with Gasteiger partial charge in [0.25, 0.3) is 0 Å². The molecule has 0 saturated carbocycles. The zero-order valence-corrected chi connectivity index (χ0v) is 21.3. The number of rotatable bonds is 11. The molecule has 0 amide bonds. The van der Waals surface area contributed by atoms with Crippen molar-refractivity contribution in [3.8, 4) is 0 Å². The van der Waals surface area contributed by atoms with Crippen LogP contribution in [0.2, 0.25) is 0 Å². The van der Waals surface area contributed by atoms with E-state index in [1.54, 1.807) is 30.5 Å². The molecule has 0 aliphatic carbocycles. The summed E-state index contributed by atoms with van der Waals surface area (Å²) in [5.41, 5.74) is 1.18.